The van der Waals surface area contributed by atoms with E-state index in [1.54, 1.807) is 19.0 Å². The topological polar surface area (TPSA) is 47.1 Å². The molecule has 2 bridgehead atoms. The molecule has 4 saturated heterocycles. The van der Waals surface area contributed by atoms with Crippen molar-refractivity contribution in [2.45, 2.75) is 38.1 Å². The number of hydrogen-bond acceptors (Lipinski definition) is 3. The van der Waals surface area contributed by atoms with Crippen molar-refractivity contribution < 1.29 is 9.59 Å². The number of anilines is 1. The molecule has 0 spiro atoms. The van der Waals surface area contributed by atoms with Gasteiger partial charge in [-0.05, 0) is 62.3 Å². The lowest BCUT2D eigenvalue weighted by atomic mass is 9.94. The second-order valence-corrected chi connectivity index (χ2v) is 8.73. The smallest absolute Gasteiger partial charge is 0.319 e. The fourth-order valence-electron chi connectivity index (χ4n) is 4.90. The Hall–Kier alpha value is -2.24. The molecule has 0 aromatic heterocycles. The van der Waals surface area contributed by atoms with E-state index in [4.69, 9.17) is 0 Å². The molecule has 0 unspecified atom stereocenters. The van der Waals surface area contributed by atoms with Crippen molar-refractivity contribution in [3.63, 3.8) is 0 Å². The summed E-state index contributed by atoms with van der Waals surface area (Å²) in [7, 11) is 3.59. The van der Waals surface area contributed by atoms with Crippen LogP contribution < -0.4 is 4.90 Å². The Kier molecular flexibility index (Phi) is 5.47. The van der Waals surface area contributed by atoms with Gasteiger partial charge in [-0.3, -0.25) is 4.79 Å². The molecule has 28 heavy (non-hydrogen) atoms. The lowest BCUT2D eigenvalue weighted by Crippen LogP contribution is -2.48. The van der Waals surface area contributed by atoms with Gasteiger partial charge < -0.3 is 19.6 Å². The van der Waals surface area contributed by atoms with Crippen molar-refractivity contribution in [2.75, 3.05) is 51.7 Å². The first kappa shape index (κ1) is 19.1. The van der Waals surface area contributed by atoms with Gasteiger partial charge in [-0.2, -0.15) is 0 Å². The normalized spacial score (nSPS) is 24.9. The number of rotatable bonds is 2. The lowest BCUT2D eigenvalue weighted by Gasteiger charge is -2.36. The van der Waals surface area contributed by atoms with Gasteiger partial charge in [0.25, 0.3) is 5.91 Å². The molecule has 4 aliphatic heterocycles. The van der Waals surface area contributed by atoms with Crippen molar-refractivity contribution in [2.24, 2.45) is 5.92 Å². The van der Waals surface area contributed by atoms with Crippen LogP contribution in [-0.2, 0) is 0 Å². The molecule has 4 heterocycles. The predicted octanol–water partition coefficient (Wildman–Crippen LogP) is 2.89. The van der Waals surface area contributed by atoms with Gasteiger partial charge in [-0.25, -0.2) is 4.79 Å². The van der Waals surface area contributed by atoms with Crippen molar-refractivity contribution in [3.8, 4) is 0 Å². The molecule has 4 fully saturated rings. The maximum absolute atomic E-state index is 13.2. The maximum Gasteiger partial charge on any atom is 0.319 e. The Morgan fingerprint density at radius 1 is 0.929 bits per heavy atom. The average Bonchev–Trinajstić information content (AvgIpc) is 3.05. The summed E-state index contributed by atoms with van der Waals surface area (Å²) in [5.41, 5.74) is 1.98. The Morgan fingerprint density at radius 3 is 2.32 bits per heavy atom. The molecule has 5 rings (SSSR count). The summed E-state index contributed by atoms with van der Waals surface area (Å²) in [5.74, 6) is 0.485. The molecule has 2 atom stereocenters. The Bertz CT molecular complexity index is 712. The summed E-state index contributed by atoms with van der Waals surface area (Å²) in [6.07, 6.45) is 5.90. The van der Waals surface area contributed by atoms with Crippen LogP contribution in [0.5, 0.6) is 0 Å². The SMILES string of the molecule is CN(C)C(=O)N1C[C@H]2CC[C@@H](C1)N(C(=O)c1ccc(N3CCCCC3)cc1)C2. The first-order chi connectivity index (χ1) is 13.5. The largest absolute Gasteiger partial charge is 0.372 e. The first-order valence-corrected chi connectivity index (χ1v) is 10.6. The van der Waals surface area contributed by atoms with Crippen LogP contribution >= 0.6 is 0 Å². The second kappa shape index (κ2) is 8.02. The molecule has 0 radical (unpaired) electrons. The molecule has 0 N–H and O–H groups in total. The number of carbonyl (C=O) groups excluding carboxylic acids is 2. The first-order valence-electron chi connectivity index (χ1n) is 10.6. The van der Waals surface area contributed by atoms with E-state index in [0.29, 0.717) is 12.5 Å². The molecule has 0 aliphatic carbocycles. The number of nitrogens with zero attached hydrogens (tertiary/aromatic N) is 4. The zero-order valence-electron chi connectivity index (χ0n) is 17.1. The van der Waals surface area contributed by atoms with Crippen molar-refractivity contribution >= 4 is 17.6 Å². The van der Waals surface area contributed by atoms with Crippen LogP contribution in [0.2, 0.25) is 0 Å². The number of carbonyl (C=O) groups is 2. The highest BCUT2D eigenvalue weighted by Gasteiger charge is 2.39. The highest BCUT2D eigenvalue weighted by molar-refractivity contribution is 5.95. The van der Waals surface area contributed by atoms with E-state index in [1.807, 2.05) is 21.9 Å². The Morgan fingerprint density at radius 2 is 1.64 bits per heavy atom. The van der Waals surface area contributed by atoms with E-state index in [-0.39, 0.29) is 18.0 Å². The molecular weight excluding hydrogens is 352 g/mol. The Balaban J connectivity index is 1.46. The van der Waals surface area contributed by atoms with Gasteiger partial charge in [0, 0.05) is 64.1 Å². The van der Waals surface area contributed by atoms with Crippen molar-refractivity contribution in [1.82, 2.24) is 14.7 Å². The highest BCUT2D eigenvalue weighted by atomic mass is 16.2. The van der Waals surface area contributed by atoms with Crippen LogP contribution in [0.15, 0.2) is 24.3 Å². The fraction of sp³-hybridized carbons (Fsp3) is 0.636. The van der Waals surface area contributed by atoms with Crippen LogP contribution in [0, 0.1) is 5.92 Å². The summed E-state index contributed by atoms with van der Waals surface area (Å²) >= 11 is 0. The molecule has 3 amide bonds. The van der Waals surface area contributed by atoms with Crippen LogP contribution in [0.3, 0.4) is 0 Å². The van der Waals surface area contributed by atoms with Gasteiger partial charge in [0.2, 0.25) is 0 Å². The molecule has 1 aromatic rings. The van der Waals surface area contributed by atoms with Crippen LogP contribution in [0.1, 0.15) is 42.5 Å². The number of hydrogen-bond donors (Lipinski definition) is 0. The predicted molar refractivity (Wildman–Crippen MR) is 111 cm³/mol. The molecule has 1 aromatic carbocycles. The molecule has 6 heteroatoms. The third kappa shape index (κ3) is 3.82. The average molecular weight is 385 g/mol. The summed E-state index contributed by atoms with van der Waals surface area (Å²) < 4.78 is 0. The van der Waals surface area contributed by atoms with Crippen molar-refractivity contribution in [3.05, 3.63) is 29.8 Å². The quantitative estimate of drug-likeness (QED) is 0.788. The fourth-order valence-corrected chi connectivity index (χ4v) is 4.90. The number of fused-ring (bicyclic) bond motifs is 4. The van der Waals surface area contributed by atoms with E-state index in [9.17, 15) is 9.59 Å². The highest BCUT2D eigenvalue weighted by Crippen LogP contribution is 2.30. The standard InChI is InChI=1S/C22H32N4O2/c1-23(2)22(28)25-14-17-6-9-20(16-25)26(15-17)21(27)18-7-10-19(11-8-18)24-12-4-3-5-13-24/h7-8,10-11,17,20H,3-6,9,12-16H2,1-2H3/t17-,20+/m1/s1. The third-order valence-corrected chi connectivity index (χ3v) is 6.46. The van der Waals surface area contributed by atoms with Crippen LogP contribution in [0.25, 0.3) is 0 Å². The van der Waals surface area contributed by atoms with Gasteiger partial charge in [0.15, 0.2) is 0 Å². The second-order valence-electron chi connectivity index (χ2n) is 8.73. The molecule has 4 aliphatic rings. The van der Waals surface area contributed by atoms with E-state index in [2.05, 4.69) is 17.0 Å². The number of urea groups is 1. The minimum atomic E-state index is 0.0529. The number of amides is 3. The third-order valence-electron chi connectivity index (χ3n) is 6.46. The van der Waals surface area contributed by atoms with Crippen LogP contribution in [-0.4, -0.2) is 79.5 Å². The van der Waals surface area contributed by atoms with Gasteiger partial charge in [-0.15, -0.1) is 0 Å². The van der Waals surface area contributed by atoms with E-state index in [1.165, 1.54) is 24.9 Å². The summed E-state index contributed by atoms with van der Waals surface area (Å²) in [6.45, 7) is 4.38. The number of piperidine rings is 2. The zero-order chi connectivity index (χ0) is 19.7. The van der Waals surface area contributed by atoms with Gasteiger partial charge in [0.1, 0.15) is 0 Å². The molecule has 152 valence electrons. The van der Waals surface area contributed by atoms with Crippen LogP contribution in [0.4, 0.5) is 10.5 Å². The van der Waals surface area contributed by atoms with Gasteiger partial charge >= 0.3 is 6.03 Å². The summed E-state index contributed by atoms with van der Waals surface area (Å²) in [4.78, 5) is 33.7. The minimum Gasteiger partial charge on any atom is -0.372 e. The summed E-state index contributed by atoms with van der Waals surface area (Å²) in [5, 5.41) is 0. The molecule has 0 saturated carbocycles. The van der Waals surface area contributed by atoms with E-state index in [0.717, 1.165) is 44.6 Å². The molecule has 6 nitrogen and oxygen atoms in total. The maximum atomic E-state index is 13.2. The number of benzene rings is 1. The van der Waals surface area contributed by atoms with Gasteiger partial charge in [0.05, 0.1) is 0 Å². The lowest BCUT2D eigenvalue weighted by molar-refractivity contribution is 0.0586. The monoisotopic (exact) mass is 384 g/mol. The summed E-state index contributed by atoms with van der Waals surface area (Å²) in [6, 6.07) is 8.32. The Labute approximate surface area is 168 Å². The van der Waals surface area contributed by atoms with E-state index < -0.39 is 0 Å². The molecular formula is C22H32N4O2. The van der Waals surface area contributed by atoms with Crippen molar-refractivity contribution in [1.29, 1.82) is 0 Å². The van der Waals surface area contributed by atoms with E-state index >= 15 is 0 Å². The zero-order valence-corrected chi connectivity index (χ0v) is 17.1. The van der Waals surface area contributed by atoms with Gasteiger partial charge in [-0.1, -0.05) is 0 Å². The minimum absolute atomic E-state index is 0.0529.